The fraction of sp³-hybridized carbons (Fsp3) is 0.438. The molecule has 5 heteroatoms. The van der Waals surface area contributed by atoms with Crippen LogP contribution in [0.25, 0.3) is 0 Å². The van der Waals surface area contributed by atoms with Crippen molar-refractivity contribution in [1.82, 2.24) is 15.1 Å². The number of hydrogen-bond acceptors (Lipinski definition) is 2. The van der Waals surface area contributed by atoms with Crippen molar-refractivity contribution in [3.8, 4) is 0 Å². The molecule has 0 saturated carbocycles. The zero-order valence-electron chi connectivity index (χ0n) is 12.9. The Kier molecular flexibility index (Phi) is 5.31. The van der Waals surface area contributed by atoms with Crippen LogP contribution in [0.1, 0.15) is 35.0 Å². The molecule has 1 heterocycles. The normalized spacial score (nSPS) is 12.7. The van der Waals surface area contributed by atoms with Crippen LogP contribution in [0.15, 0.2) is 18.2 Å². The molecular weight excluding hydrogens is 305 g/mol. The van der Waals surface area contributed by atoms with E-state index in [1.165, 1.54) is 11.3 Å². The SMILES string of the molecule is CNC(CCc1c(C)nn(C)c1C)c1cc(Cl)ccc1Cl. The summed E-state index contributed by atoms with van der Waals surface area (Å²) >= 11 is 12.4. The van der Waals surface area contributed by atoms with E-state index < -0.39 is 0 Å². The van der Waals surface area contributed by atoms with E-state index in [9.17, 15) is 0 Å². The number of hydrogen-bond donors (Lipinski definition) is 1. The second-order valence-corrected chi connectivity index (χ2v) is 6.16. The Morgan fingerprint density at radius 3 is 2.57 bits per heavy atom. The van der Waals surface area contributed by atoms with Gasteiger partial charge in [-0.05, 0) is 63.1 Å². The van der Waals surface area contributed by atoms with Gasteiger partial charge in [0, 0.05) is 28.8 Å². The Morgan fingerprint density at radius 2 is 2.00 bits per heavy atom. The molecule has 3 nitrogen and oxygen atoms in total. The van der Waals surface area contributed by atoms with E-state index in [4.69, 9.17) is 23.2 Å². The van der Waals surface area contributed by atoms with E-state index in [-0.39, 0.29) is 6.04 Å². The monoisotopic (exact) mass is 325 g/mol. The maximum atomic E-state index is 6.30. The molecule has 1 N–H and O–H groups in total. The van der Waals surface area contributed by atoms with Crippen molar-refractivity contribution < 1.29 is 0 Å². The zero-order valence-corrected chi connectivity index (χ0v) is 14.4. The molecule has 0 amide bonds. The molecule has 0 aliphatic heterocycles. The third kappa shape index (κ3) is 3.60. The minimum Gasteiger partial charge on any atom is -0.313 e. The van der Waals surface area contributed by atoms with Gasteiger partial charge in [-0.2, -0.15) is 5.10 Å². The topological polar surface area (TPSA) is 29.9 Å². The van der Waals surface area contributed by atoms with E-state index in [1.807, 2.05) is 37.0 Å². The van der Waals surface area contributed by atoms with Gasteiger partial charge in [0.1, 0.15) is 0 Å². The van der Waals surface area contributed by atoms with Crippen molar-refractivity contribution in [3.05, 3.63) is 50.8 Å². The number of nitrogens with one attached hydrogen (secondary N) is 1. The molecule has 1 atom stereocenters. The zero-order chi connectivity index (χ0) is 15.6. The molecule has 2 aromatic rings. The number of aromatic nitrogens is 2. The molecule has 0 aliphatic rings. The quantitative estimate of drug-likeness (QED) is 0.891. The van der Waals surface area contributed by atoms with Crippen LogP contribution in [0.3, 0.4) is 0 Å². The number of rotatable bonds is 5. The summed E-state index contributed by atoms with van der Waals surface area (Å²) in [6.07, 6.45) is 1.91. The number of aryl methyl sites for hydroxylation is 2. The smallest absolute Gasteiger partial charge is 0.0628 e. The summed E-state index contributed by atoms with van der Waals surface area (Å²) in [6.45, 7) is 4.17. The molecule has 0 aliphatic carbocycles. The van der Waals surface area contributed by atoms with Crippen LogP contribution in [-0.2, 0) is 13.5 Å². The molecule has 0 saturated heterocycles. The fourth-order valence-electron chi connectivity index (χ4n) is 2.70. The summed E-state index contributed by atoms with van der Waals surface area (Å²) in [6, 6.07) is 5.78. The lowest BCUT2D eigenvalue weighted by atomic mass is 9.98. The van der Waals surface area contributed by atoms with Crippen LogP contribution >= 0.6 is 23.2 Å². The third-order valence-electron chi connectivity index (χ3n) is 4.02. The maximum absolute atomic E-state index is 6.30. The highest BCUT2D eigenvalue weighted by Crippen LogP contribution is 2.29. The molecule has 21 heavy (non-hydrogen) atoms. The predicted octanol–water partition coefficient (Wildman–Crippen LogP) is 4.24. The van der Waals surface area contributed by atoms with E-state index in [2.05, 4.69) is 24.3 Å². The first kappa shape index (κ1) is 16.3. The predicted molar refractivity (Wildman–Crippen MR) is 89.3 cm³/mol. The van der Waals surface area contributed by atoms with Crippen LogP contribution in [0.5, 0.6) is 0 Å². The Morgan fingerprint density at radius 1 is 1.29 bits per heavy atom. The second kappa shape index (κ2) is 6.82. The van der Waals surface area contributed by atoms with E-state index in [1.54, 1.807) is 0 Å². The fourth-order valence-corrected chi connectivity index (χ4v) is 3.13. The van der Waals surface area contributed by atoms with Crippen molar-refractivity contribution in [2.45, 2.75) is 32.7 Å². The van der Waals surface area contributed by atoms with Crippen molar-refractivity contribution in [3.63, 3.8) is 0 Å². The van der Waals surface area contributed by atoms with Gasteiger partial charge in [-0.15, -0.1) is 0 Å². The van der Waals surface area contributed by atoms with Gasteiger partial charge >= 0.3 is 0 Å². The van der Waals surface area contributed by atoms with Gasteiger partial charge in [0.2, 0.25) is 0 Å². The first-order chi connectivity index (χ1) is 9.93. The highest BCUT2D eigenvalue weighted by Gasteiger charge is 2.16. The van der Waals surface area contributed by atoms with Gasteiger partial charge in [-0.1, -0.05) is 23.2 Å². The Balaban J connectivity index is 2.18. The number of halogens is 2. The highest BCUT2D eigenvalue weighted by atomic mass is 35.5. The highest BCUT2D eigenvalue weighted by molar-refractivity contribution is 6.33. The van der Waals surface area contributed by atoms with Gasteiger partial charge in [0.05, 0.1) is 5.69 Å². The first-order valence-corrected chi connectivity index (χ1v) is 7.81. The molecule has 1 aromatic heterocycles. The minimum atomic E-state index is 0.176. The number of nitrogens with zero attached hydrogens (tertiary/aromatic N) is 2. The van der Waals surface area contributed by atoms with Crippen LogP contribution in [0.4, 0.5) is 0 Å². The average molecular weight is 326 g/mol. The van der Waals surface area contributed by atoms with Crippen LogP contribution in [0.2, 0.25) is 10.0 Å². The average Bonchev–Trinajstić information content (AvgIpc) is 2.69. The van der Waals surface area contributed by atoms with Gasteiger partial charge in [-0.25, -0.2) is 0 Å². The third-order valence-corrected chi connectivity index (χ3v) is 4.60. The summed E-state index contributed by atoms with van der Waals surface area (Å²) in [4.78, 5) is 0. The molecule has 2 rings (SSSR count). The van der Waals surface area contributed by atoms with Crippen molar-refractivity contribution >= 4 is 23.2 Å². The minimum absolute atomic E-state index is 0.176. The lowest BCUT2D eigenvalue weighted by molar-refractivity contribution is 0.548. The van der Waals surface area contributed by atoms with E-state index in [0.29, 0.717) is 5.02 Å². The van der Waals surface area contributed by atoms with E-state index >= 15 is 0 Å². The molecular formula is C16H21Cl2N3. The Hall–Kier alpha value is -1.03. The lowest BCUT2D eigenvalue weighted by Crippen LogP contribution is -2.17. The number of benzene rings is 1. The summed E-state index contributed by atoms with van der Waals surface area (Å²) in [5.74, 6) is 0. The van der Waals surface area contributed by atoms with Crippen LogP contribution < -0.4 is 5.32 Å². The molecule has 1 unspecified atom stereocenters. The van der Waals surface area contributed by atoms with Gasteiger partial charge in [-0.3, -0.25) is 4.68 Å². The summed E-state index contributed by atoms with van der Waals surface area (Å²) < 4.78 is 1.94. The van der Waals surface area contributed by atoms with Crippen LogP contribution in [0, 0.1) is 13.8 Å². The Bertz CT molecular complexity index is 635. The molecule has 0 fully saturated rings. The Labute approximate surface area is 136 Å². The standard InChI is InChI=1S/C16H21Cl2N3/c1-10-13(11(2)21(4)20-10)6-8-16(19-3)14-9-12(17)5-7-15(14)18/h5,7,9,16,19H,6,8H2,1-4H3. The lowest BCUT2D eigenvalue weighted by Gasteiger charge is -2.18. The summed E-state index contributed by atoms with van der Waals surface area (Å²) in [7, 11) is 3.93. The molecule has 114 valence electrons. The molecule has 0 radical (unpaired) electrons. The largest absolute Gasteiger partial charge is 0.313 e. The summed E-state index contributed by atoms with van der Waals surface area (Å²) in [5, 5.41) is 9.26. The second-order valence-electron chi connectivity index (χ2n) is 5.32. The summed E-state index contributed by atoms with van der Waals surface area (Å²) in [5.41, 5.74) is 4.68. The van der Waals surface area contributed by atoms with Gasteiger partial charge < -0.3 is 5.32 Å². The van der Waals surface area contributed by atoms with Crippen molar-refractivity contribution in [2.24, 2.45) is 7.05 Å². The van der Waals surface area contributed by atoms with Crippen molar-refractivity contribution in [1.29, 1.82) is 0 Å². The molecule has 1 aromatic carbocycles. The van der Waals surface area contributed by atoms with Crippen molar-refractivity contribution in [2.75, 3.05) is 7.05 Å². The molecule has 0 spiro atoms. The maximum Gasteiger partial charge on any atom is 0.0628 e. The van der Waals surface area contributed by atoms with Gasteiger partial charge in [0.25, 0.3) is 0 Å². The van der Waals surface area contributed by atoms with E-state index in [0.717, 1.165) is 29.1 Å². The molecule has 0 bridgehead atoms. The first-order valence-electron chi connectivity index (χ1n) is 7.05. The van der Waals surface area contributed by atoms with Crippen LogP contribution in [-0.4, -0.2) is 16.8 Å². The van der Waals surface area contributed by atoms with Gasteiger partial charge in [0.15, 0.2) is 0 Å².